The number of aliphatic hydroxyl groups is 1. The lowest BCUT2D eigenvalue weighted by molar-refractivity contribution is 0.202. The van der Waals surface area contributed by atoms with Crippen molar-refractivity contribution < 1.29 is 14.2 Å². The van der Waals surface area contributed by atoms with Crippen LogP contribution in [-0.4, -0.2) is 49.8 Å². The minimum atomic E-state index is -0.485. The summed E-state index contributed by atoms with van der Waals surface area (Å²) in [4.78, 5) is 9.20. The van der Waals surface area contributed by atoms with Crippen molar-refractivity contribution in [3.05, 3.63) is 72.9 Å². The van der Waals surface area contributed by atoms with Crippen LogP contribution in [0.1, 0.15) is 0 Å². The van der Waals surface area contributed by atoms with Gasteiger partial charge in [0.2, 0.25) is 5.95 Å². The number of hydrogen-bond donors (Lipinski definition) is 2. The Hall–Kier alpha value is -3.89. The van der Waals surface area contributed by atoms with E-state index in [-0.39, 0.29) is 18.9 Å². The summed E-state index contributed by atoms with van der Waals surface area (Å²) in [6.07, 6.45) is 4.56. The minimum Gasteiger partial charge on any atom is -0.491 e. The molecule has 5 rings (SSSR count). The van der Waals surface area contributed by atoms with Crippen LogP contribution in [0.4, 0.5) is 10.3 Å². The SMILES string of the molecule is OCCOc1ccccc1-c1cccc2cc(-c3nc(NCCn4ccnn4)ncc3F)sc12. The van der Waals surface area contributed by atoms with Gasteiger partial charge in [-0.3, -0.25) is 4.68 Å². The highest BCUT2D eigenvalue weighted by molar-refractivity contribution is 7.22. The number of thiophene rings is 1. The molecular formula is C24H21FN6O2S. The van der Waals surface area contributed by atoms with Gasteiger partial charge in [0.15, 0.2) is 5.82 Å². The van der Waals surface area contributed by atoms with Crippen molar-refractivity contribution >= 4 is 27.4 Å². The number of nitrogens with one attached hydrogen (secondary N) is 1. The fourth-order valence-electron chi connectivity index (χ4n) is 3.62. The molecule has 0 saturated heterocycles. The van der Waals surface area contributed by atoms with Crippen LogP contribution in [0.15, 0.2) is 67.1 Å². The number of benzene rings is 2. The van der Waals surface area contributed by atoms with E-state index in [9.17, 15) is 4.39 Å². The molecule has 0 spiro atoms. The molecular weight excluding hydrogens is 455 g/mol. The third kappa shape index (κ3) is 4.59. The van der Waals surface area contributed by atoms with Gasteiger partial charge in [-0.25, -0.2) is 14.4 Å². The minimum absolute atomic E-state index is 0.0656. The Morgan fingerprint density at radius 3 is 2.85 bits per heavy atom. The lowest BCUT2D eigenvalue weighted by Gasteiger charge is -2.11. The molecule has 0 aliphatic heterocycles. The van der Waals surface area contributed by atoms with E-state index in [1.165, 1.54) is 17.5 Å². The molecule has 34 heavy (non-hydrogen) atoms. The average Bonchev–Trinajstić information content (AvgIpc) is 3.54. The fourth-order valence-corrected chi connectivity index (χ4v) is 4.80. The van der Waals surface area contributed by atoms with Crippen LogP contribution in [0.25, 0.3) is 31.8 Å². The normalized spacial score (nSPS) is 11.1. The summed E-state index contributed by atoms with van der Waals surface area (Å²) in [6, 6.07) is 15.6. The van der Waals surface area contributed by atoms with Crippen LogP contribution in [0.5, 0.6) is 5.75 Å². The molecule has 2 aromatic carbocycles. The Morgan fingerprint density at radius 1 is 1.12 bits per heavy atom. The zero-order valence-electron chi connectivity index (χ0n) is 18.1. The number of ether oxygens (including phenoxy) is 1. The first kappa shape index (κ1) is 21.9. The first-order valence-electron chi connectivity index (χ1n) is 10.7. The Kier molecular flexibility index (Phi) is 6.41. The average molecular weight is 477 g/mol. The van der Waals surface area contributed by atoms with Crippen molar-refractivity contribution in [2.24, 2.45) is 0 Å². The molecule has 0 unspecified atom stereocenters. The molecule has 2 N–H and O–H groups in total. The zero-order chi connectivity index (χ0) is 23.3. The Bertz CT molecular complexity index is 1410. The summed E-state index contributed by atoms with van der Waals surface area (Å²) in [5, 5.41) is 20.9. The van der Waals surface area contributed by atoms with E-state index in [1.807, 2.05) is 48.5 Å². The van der Waals surface area contributed by atoms with Crippen LogP contribution in [0.3, 0.4) is 0 Å². The molecule has 3 heterocycles. The molecule has 0 radical (unpaired) electrons. The van der Waals surface area contributed by atoms with Crippen molar-refractivity contribution in [2.45, 2.75) is 6.54 Å². The largest absolute Gasteiger partial charge is 0.491 e. The topological polar surface area (TPSA) is 98.0 Å². The molecule has 0 saturated carbocycles. The molecule has 0 atom stereocenters. The van der Waals surface area contributed by atoms with Crippen LogP contribution < -0.4 is 10.1 Å². The number of aromatic nitrogens is 5. The Morgan fingerprint density at radius 2 is 2.00 bits per heavy atom. The molecule has 5 aromatic rings. The maximum absolute atomic E-state index is 14.7. The lowest BCUT2D eigenvalue weighted by atomic mass is 10.0. The number of hydrogen-bond acceptors (Lipinski definition) is 8. The number of para-hydroxylation sites is 1. The van der Waals surface area contributed by atoms with E-state index in [4.69, 9.17) is 9.84 Å². The van der Waals surface area contributed by atoms with Gasteiger partial charge in [-0.2, -0.15) is 0 Å². The molecule has 10 heteroatoms. The van der Waals surface area contributed by atoms with Gasteiger partial charge in [-0.15, -0.1) is 16.4 Å². The van der Waals surface area contributed by atoms with Gasteiger partial charge in [0, 0.05) is 28.6 Å². The fraction of sp³-hybridized carbons (Fsp3) is 0.167. The van der Waals surface area contributed by atoms with Crippen LogP contribution >= 0.6 is 11.3 Å². The number of fused-ring (bicyclic) bond motifs is 1. The third-order valence-electron chi connectivity index (χ3n) is 5.14. The summed E-state index contributed by atoms with van der Waals surface area (Å²) < 4.78 is 23.2. The van der Waals surface area contributed by atoms with E-state index in [0.29, 0.717) is 29.7 Å². The summed E-state index contributed by atoms with van der Waals surface area (Å²) in [6.45, 7) is 1.25. The number of anilines is 1. The van der Waals surface area contributed by atoms with Gasteiger partial charge in [0.25, 0.3) is 0 Å². The second-order valence-electron chi connectivity index (χ2n) is 7.39. The molecule has 0 amide bonds. The highest BCUT2D eigenvalue weighted by Crippen LogP contribution is 2.41. The maximum Gasteiger partial charge on any atom is 0.223 e. The highest BCUT2D eigenvalue weighted by atomic mass is 32.1. The maximum atomic E-state index is 14.7. The smallest absolute Gasteiger partial charge is 0.223 e. The molecule has 0 aliphatic rings. The molecule has 8 nitrogen and oxygen atoms in total. The van der Waals surface area contributed by atoms with E-state index >= 15 is 0 Å². The monoisotopic (exact) mass is 476 g/mol. The van der Waals surface area contributed by atoms with E-state index in [2.05, 4.69) is 25.6 Å². The first-order valence-corrected chi connectivity index (χ1v) is 11.5. The van der Waals surface area contributed by atoms with Gasteiger partial charge in [0.1, 0.15) is 18.1 Å². The number of nitrogens with zero attached hydrogens (tertiary/aromatic N) is 5. The summed E-state index contributed by atoms with van der Waals surface area (Å²) in [7, 11) is 0. The van der Waals surface area contributed by atoms with E-state index in [0.717, 1.165) is 21.2 Å². The summed E-state index contributed by atoms with van der Waals surface area (Å²) in [5.74, 6) is 0.546. The zero-order valence-corrected chi connectivity index (χ0v) is 18.9. The Balaban J connectivity index is 1.47. The van der Waals surface area contributed by atoms with E-state index < -0.39 is 5.82 Å². The van der Waals surface area contributed by atoms with Gasteiger partial charge in [-0.05, 0) is 17.5 Å². The van der Waals surface area contributed by atoms with Gasteiger partial charge >= 0.3 is 0 Å². The van der Waals surface area contributed by atoms with E-state index in [1.54, 1.807) is 17.1 Å². The van der Waals surface area contributed by atoms with Crippen molar-refractivity contribution in [1.29, 1.82) is 0 Å². The van der Waals surface area contributed by atoms with Crippen molar-refractivity contribution in [3.8, 4) is 27.4 Å². The third-order valence-corrected chi connectivity index (χ3v) is 6.33. The number of rotatable bonds is 9. The van der Waals surface area contributed by atoms with Gasteiger partial charge < -0.3 is 15.2 Å². The molecule has 0 aliphatic carbocycles. The van der Waals surface area contributed by atoms with Gasteiger partial charge in [-0.1, -0.05) is 41.6 Å². The summed E-state index contributed by atoms with van der Waals surface area (Å²) in [5.41, 5.74) is 2.13. The number of aliphatic hydroxyl groups excluding tert-OH is 1. The van der Waals surface area contributed by atoms with Crippen molar-refractivity contribution in [2.75, 3.05) is 25.1 Å². The lowest BCUT2D eigenvalue weighted by Crippen LogP contribution is -2.13. The number of halogens is 1. The Labute approximate surface area is 198 Å². The quantitative estimate of drug-likeness (QED) is 0.328. The van der Waals surface area contributed by atoms with Crippen LogP contribution in [-0.2, 0) is 6.54 Å². The highest BCUT2D eigenvalue weighted by Gasteiger charge is 2.16. The van der Waals surface area contributed by atoms with Crippen molar-refractivity contribution in [3.63, 3.8) is 0 Å². The first-order chi connectivity index (χ1) is 16.7. The second kappa shape index (κ2) is 9.94. The molecule has 3 aromatic heterocycles. The van der Waals surface area contributed by atoms with Crippen LogP contribution in [0, 0.1) is 5.82 Å². The standard InChI is InChI=1S/C24H21FN6O2S/c25-19-15-27-24(26-8-10-31-11-9-28-30-31)29-22(19)21-14-16-4-3-6-18(23(16)34-21)17-5-1-2-7-20(17)33-13-12-32/h1-7,9,11,14-15,32H,8,10,12-13H2,(H,26,27,29). The summed E-state index contributed by atoms with van der Waals surface area (Å²) >= 11 is 1.46. The van der Waals surface area contributed by atoms with Gasteiger partial charge in [0.05, 0.1) is 30.4 Å². The molecule has 0 bridgehead atoms. The predicted octanol–water partition coefficient (Wildman–Crippen LogP) is 4.24. The predicted molar refractivity (Wildman–Crippen MR) is 129 cm³/mol. The van der Waals surface area contributed by atoms with Crippen LogP contribution in [0.2, 0.25) is 0 Å². The second-order valence-corrected chi connectivity index (χ2v) is 8.44. The van der Waals surface area contributed by atoms with Crippen molar-refractivity contribution in [1.82, 2.24) is 25.0 Å². The molecule has 0 fully saturated rings. The molecule has 172 valence electrons.